The van der Waals surface area contributed by atoms with Crippen LogP contribution in [0.1, 0.15) is 36.1 Å². The molecule has 45 heavy (non-hydrogen) atoms. The third kappa shape index (κ3) is 6.52. The van der Waals surface area contributed by atoms with Gasteiger partial charge in [0, 0.05) is 35.0 Å². The number of hydrogen-bond acceptors (Lipinski definition) is 11. The summed E-state index contributed by atoms with van der Waals surface area (Å²) in [6.45, 7) is 3.21. The third-order valence-electron chi connectivity index (χ3n) is 7.23. The van der Waals surface area contributed by atoms with Crippen molar-refractivity contribution in [2.75, 3.05) is 0 Å². The van der Waals surface area contributed by atoms with Crippen LogP contribution in [0.5, 0.6) is 11.5 Å². The molecule has 0 radical (unpaired) electrons. The first-order valence-corrected chi connectivity index (χ1v) is 16.2. The van der Waals surface area contributed by atoms with Crippen molar-refractivity contribution in [3.05, 3.63) is 106 Å². The highest BCUT2D eigenvalue weighted by Crippen LogP contribution is 2.39. The van der Waals surface area contributed by atoms with Gasteiger partial charge >= 0.3 is 12.1 Å². The van der Waals surface area contributed by atoms with E-state index in [1.165, 1.54) is 17.6 Å². The zero-order valence-corrected chi connectivity index (χ0v) is 25.9. The number of nitrogens with zero attached hydrogens (tertiary/aromatic N) is 3. The molecule has 10 nitrogen and oxygen atoms in total. The molecule has 1 aliphatic rings. The lowest BCUT2D eigenvalue weighted by Crippen LogP contribution is -2.24. The molecular weight excluding hydrogens is 615 g/mol. The van der Waals surface area contributed by atoms with E-state index in [0.29, 0.717) is 29.1 Å². The quantitative estimate of drug-likeness (QED) is 0.103. The largest absolute Gasteiger partial charge is 0.514 e. The lowest BCUT2D eigenvalue weighted by molar-refractivity contribution is -0.142. The van der Waals surface area contributed by atoms with Crippen molar-refractivity contribution in [3.8, 4) is 22.9 Å². The molecule has 0 amide bonds. The lowest BCUT2D eigenvalue weighted by Gasteiger charge is -2.12. The molecule has 3 aromatic heterocycles. The third-order valence-corrected chi connectivity index (χ3v) is 9.53. The van der Waals surface area contributed by atoms with Crippen LogP contribution in [-0.2, 0) is 40.4 Å². The van der Waals surface area contributed by atoms with E-state index in [-0.39, 0.29) is 31.1 Å². The van der Waals surface area contributed by atoms with Crippen molar-refractivity contribution in [1.82, 2.24) is 14.5 Å². The fraction of sp³-hybridized carbons (Fsp3) is 0.182. The molecule has 0 saturated carbocycles. The monoisotopic (exact) mass is 641 g/mol. The van der Waals surface area contributed by atoms with E-state index in [1.807, 2.05) is 49.4 Å². The summed E-state index contributed by atoms with van der Waals surface area (Å²) in [5, 5.41) is 12.2. The number of aromatic hydroxyl groups is 1. The van der Waals surface area contributed by atoms with E-state index >= 15 is 0 Å². The molecule has 0 spiro atoms. The van der Waals surface area contributed by atoms with E-state index < -0.39 is 17.7 Å². The molecule has 6 rings (SSSR count). The number of rotatable bonds is 9. The van der Waals surface area contributed by atoms with Gasteiger partial charge in [-0.1, -0.05) is 35.9 Å². The summed E-state index contributed by atoms with van der Waals surface area (Å²) < 4.78 is 17.4. The Morgan fingerprint density at radius 1 is 0.978 bits per heavy atom. The maximum atomic E-state index is 13.2. The molecule has 4 heterocycles. The van der Waals surface area contributed by atoms with Gasteiger partial charge in [0.25, 0.3) is 5.56 Å². The van der Waals surface area contributed by atoms with Crippen LogP contribution in [0.25, 0.3) is 22.3 Å². The van der Waals surface area contributed by atoms with Crippen molar-refractivity contribution < 1.29 is 28.9 Å². The highest BCUT2D eigenvalue weighted by atomic mass is 33.1. The summed E-state index contributed by atoms with van der Waals surface area (Å²) >= 11 is 0. The van der Waals surface area contributed by atoms with Crippen LogP contribution in [0.3, 0.4) is 0 Å². The minimum Gasteiger partial charge on any atom is -0.507 e. The molecule has 0 bridgehead atoms. The Kier molecular flexibility index (Phi) is 8.76. The first-order chi connectivity index (χ1) is 21.8. The topological polar surface area (TPSA) is 130 Å². The summed E-state index contributed by atoms with van der Waals surface area (Å²) in [6, 6.07) is 20.1. The van der Waals surface area contributed by atoms with Crippen LogP contribution < -0.4 is 10.3 Å². The first-order valence-electron chi connectivity index (χ1n) is 14.0. The number of esters is 1. The Labute approximate surface area is 265 Å². The van der Waals surface area contributed by atoms with Crippen LogP contribution in [0, 0.1) is 0 Å². The van der Waals surface area contributed by atoms with E-state index in [4.69, 9.17) is 19.2 Å². The average molecular weight is 642 g/mol. The molecule has 1 N–H and O–H groups in total. The predicted octanol–water partition coefficient (Wildman–Crippen LogP) is 6.67. The minimum absolute atomic E-state index is 0.00741. The second-order valence-corrected chi connectivity index (χ2v) is 12.4. The normalized spacial score (nSPS) is 11.6. The smallest absolute Gasteiger partial charge is 0.507 e. The predicted molar refractivity (Wildman–Crippen MR) is 170 cm³/mol. The fourth-order valence-corrected chi connectivity index (χ4v) is 6.93. The second kappa shape index (κ2) is 13.0. The molecule has 0 atom stereocenters. The van der Waals surface area contributed by atoms with Gasteiger partial charge in [0.05, 0.1) is 29.0 Å². The van der Waals surface area contributed by atoms with Gasteiger partial charge in [-0.15, -0.1) is 0 Å². The van der Waals surface area contributed by atoms with Crippen molar-refractivity contribution in [2.45, 2.75) is 49.9 Å². The van der Waals surface area contributed by atoms with E-state index in [2.05, 4.69) is 4.98 Å². The number of ether oxygens (including phenoxy) is 3. The molecule has 12 heteroatoms. The van der Waals surface area contributed by atoms with Gasteiger partial charge in [0.15, 0.2) is 0 Å². The van der Waals surface area contributed by atoms with Crippen molar-refractivity contribution in [1.29, 1.82) is 0 Å². The molecular formula is C33H27N3O7S2. The number of benzene rings is 2. The van der Waals surface area contributed by atoms with Crippen molar-refractivity contribution in [3.63, 3.8) is 0 Å². The molecule has 0 aliphatic carbocycles. The zero-order chi connectivity index (χ0) is 31.5. The zero-order valence-electron chi connectivity index (χ0n) is 24.3. The number of aromatic nitrogens is 3. The molecule has 228 valence electrons. The second-order valence-electron chi connectivity index (χ2n) is 10.1. The Bertz CT molecular complexity index is 1980. The molecule has 0 fully saturated rings. The highest BCUT2D eigenvalue weighted by molar-refractivity contribution is 8.76. The van der Waals surface area contributed by atoms with Crippen molar-refractivity contribution >= 4 is 44.6 Å². The van der Waals surface area contributed by atoms with Crippen LogP contribution in [0.2, 0.25) is 0 Å². The van der Waals surface area contributed by atoms with Gasteiger partial charge in [-0.3, -0.25) is 9.59 Å². The minimum atomic E-state index is -0.833. The summed E-state index contributed by atoms with van der Waals surface area (Å²) in [6.07, 6.45) is 1.55. The SMILES string of the molecule is CCc1c2c(nc3ccc(OC(=O)OCc4ccc(SSc5ccccn5)cc4)cc13)-c1cc(O)c(COC(C)=O)c(=O)n1C2. The van der Waals surface area contributed by atoms with Gasteiger partial charge in [-0.2, -0.15) is 0 Å². The Morgan fingerprint density at radius 2 is 1.80 bits per heavy atom. The molecule has 0 unspecified atom stereocenters. The van der Waals surface area contributed by atoms with Crippen LogP contribution >= 0.6 is 21.6 Å². The number of hydrogen-bond donors (Lipinski definition) is 1. The molecule has 2 aromatic carbocycles. The average Bonchev–Trinajstić information content (AvgIpc) is 3.40. The van der Waals surface area contributed by atoms with Gasteiger partial charge in [-0.05, 0) is 70.8 Å². The number of aryl methyl sites for hydroxylation is 1. The van der Waals surface area contributed by atoms with E-state index in [0.717, 1.165) is 32.0 Å². The molecule has 5 aromatic rings. The van der Waals surface area contributed by atoms with Crippen molar-refractivity contribution in [2.24, 2.45) is 0 Å². The molecule has 0 saturated heterocycles. The first kappa shape index (κ1) is 30.2. The van der Waals surface area contributed by atoms with Gasteiger partial charge in [0.1, 0.15) is 29.7 Å². The number of carbonyl (C=O) groups is 2. The number of pyridine rings is 3. The Morgan fingerprint density at radius 3 is 2.53 bits per heavy atom. The van der Waals surface area contributed by atoms with Gasteiger partial charge in [-0.25, -0.2) is 14.8 Å². The molecule has 1 aliphatic heterocycles. The number of fused-ring (bicyclic) bond motifs is 4. The highest BCUT2D eigenvalue weighted by Gasteiger charge is 2.28. The van der Waals surface area contributed by atoms with Gasteiger partial charge in [0.2, 0.25) is 0 Å². The summed E-state index contributed by atoms with van der Waals surface area (Å²) in [4.78, 5) is 47.2. The van der Waals surface area contributed by atoms with E-state index in [9.17, 15) is 19.5 Å². The van der Waals surface area contributed by atoms with E-state index in [1.54, 1.807) is 46.0 Å². The van der Waals surface area contributed by atoms with Crippen LogP contribution in [-0.4, -0.2) is 31.8 Å². The summed E-state index contributed by atoms with van der Waals surface area (Å²) in [7, 11) is 3.16. The number of carbonyl (C=O) groups excluding carboxylic acids is 2. The Balaban J connectivity index is 1.14. The standard InChI is InChI=1S/C33H27N3O7S2/c1-3-23-24-14-21(43-33(40)42-17-20-7-10-22(11-8-20)44-45-30-6-4-5-13-34-30)9-12-27(24)35-31-25(23)16-36-28(31)15-29(38)26(32(36)39)18-41-19(2)37/h4-15,38H,3,16-18H2,1-2H3. The van der Waals surface area contributed by atoms with Gasteiger partial charge < -0.3 is 23.9 Å². The van der Waals surface area contributed by atoms with Crippen LogP contribution in [0.4, 0.5) is 4.79 Å². The summed E-state index contributed by atoms with van der Waals surface area (Å²) in [5.74, 6) is -0.501. The fourth-order valence-electron chi connectivity index (χ4n) is 5.09. The maximum Gasteiger partial charge on any atom is 0.514 e. The van der Waals surface area contributed by atoms with Crippen LogP contribution in [0.15, 0.2) is 87.6 Å². The summed E-state index contributed by atoms with van der Waals surface area (Å²) in [5.41, 5.74) is 3.89. The Hall–Kier alpha value is -4.81. The lowest BCUT2D eigenvalue weighted by atomic mass is 9.98. The maximum absolute atomic E-state index is 13.2.